The van der Waals surface area contributed by atoms with E-state index in [1.54, 1.807) is 42.5 Å². The minimum atomic E-state index is -0.466. The van der Waals surface area contributed by atoms with Gasteiger partial charge in [-0.3, -0.25) is 0 Å². The number of rotatable bonds is 2. The van der Waals surface area contributed by atoms with Gasteiger partial charge in [0.15, 0.2) is 0 Å². The SMILES string of the molecule is N#Cc1ccc(C(=O)Oc2ccc3oc4ccccc4c3c2)cc1. The summed E-state index contributed by atoms with van der Waals surface area (Å²) in [5.41, 5.74) is 2.43. The molecule has 4 heteroatoms. The Morgan fingerprint density at radius 3 is 2.46 bits per heavy atom. The number of nitriles is 1. The Morgan fingerprint density at radius 1 is 0.917 bits per heavy atom. The van der Waals surface area contributed by atoms with Gasteiger partial charge in [-0.15, -0.1) is 0 Å². The van der Waals surface area contributed by atoms with Crippen LogP contribution in [0.5, 0.6) is 5.75 Å². The molecule has 0 saturated carbocycles. The van der Waals surface area contributed by atoms with Crippen LogP contribution in [0, 0.1) is 11.3 Å². The van der Waals surface area contributed by atoms with E-state index < -0.39 is 5.97 Å². The molecule has 0 aliphatic carbocycles. The van der Waals surface area contributed by atoms with E-state index >= 15 is 0 Å². The maximum Gasteiger partial charge on any atom is 0.343 e. The van der Waals surface area contributed by atoms with Crippen molar-refractivity contribution in [3.63, 3.8) is 0 Å². The van der Waals surface area contributed by atoms with Crippen molar-refractivity contribution in [1.29, 1.82) is 5.26 Å². The van der Waals surface area contributed by atoms with Crippen molar-refractivity contribution in [2.45, 2.75) is 0 Å². The lowest BCUT2D eigenvalue weighted by atomic mass is 10.1. The molecule has 3 aromatic carbocycles. The number of fused-ring (bicyclic) bond motifs is 3. The molecule has 0 aliphatic heterocycles. The number of nitrogens with zero attached hydrogens (tertiary/aromatic N) is 1. The molecule has 0 saturated heterocycles. The molecule has 0 bridgehead atoms. The third-order valence-electron chi connectivity index (χ3n) is 3.81. The number of furan rings is 1. The second-order valence-corrected chi connectivity index (χ2v) is 5.33. The Balaban J connectivity index is 1.67. The van der Waals surface area contributed by atoms with Crippen LogP contribution in [0.4, 0.5) is 0 Å². The second kappa shape index (κ2) is 5.56. The van der Waals surface area contributed by atoms with E-state index in [1.807, 2.05) is 30.3 Å². The molecule has 0 N–H and O–H groups in total. The van der Waals surface area contributed by atoms with Gasteiger partial charge in [-0.25, -0.2) is 4.79 Å². The Morgan fingerprint density at radius 2 is 1.67 bits per heavy atom. The monoisotopic (exact) mass is 313 g/mol. The molecule has 0 unspecified atom stereocenters. The van der Waals surface area contributed by atoms with Gasteiger partial charge in [0.05, 0.1) is 17.2 Å². The van der Waals surface area contributed by atoms with Gasteiger partial charge in [-0.1, -0.05) is 18.2 Å². The molecule has 114 valence electrons. The van der Waals surface area contributed by atoms with Gasteiger partial charge >= 0.3 is 5.97 Å². The average molecular weight is 313 g/mol. The number of benzene rings is 3. The van der Waals surface area contributed by atoms with E-state index in [9.17, 15) is 4.79 Å². The van der Waals surface area contributed by atoms with Crippen LogP contribution < -0.4 is 4.74 Å². The predicted molar refractivity (Wildman–Crippen MR) is 89.8 cm³/mol. The zero-order valence-corrected chi connectivity index (χ0v) is 12.5. The lowest BCUT2D eigenvalue weighted by Gasteiger charge is -2.04. The first-order chi connectivity index (χ1) is 11.7. The minimum absolute atomic E-state index is 0.395. The third kappa shape index (κ3) is 2.38. The molecular formula is C20H11NO3. The highest BCUT2D eigenvalue weighted by atomic mass is 16.5. The predicted octanol–water partition coefficient (Wildman–Crippen LogP) is 4.68. The van der Waals surface area contributed by atoms with Crippen molar-refractivity contribution < 1.29 is 13.9 Å². The summed E-state index contributed by atoms with van der Waals surface area (Å²) in [7, 11) is 0. The molecule has 0 fully saturated rings. The van der Waals surface area contributed by atoms with Crippen LogP contribution >= 0.6 is 0 Å². The summed E-state index contributed by atoms with van der Waals surface area (Å²) in [6.07, 6.45) is 0. The van der Waals surface area contributed by atoms with E-state index in [-0.39, 0.29) is 0 Å². The first-order valence-electron chi connectivity index (χ1n) is 7.38. The fourth-order valence-electron chi connectivity index (χ4n) is 2.62. The number of hydrogen-bond donors (Lipinski definition) is 0. The molecule has 4 nitrogen and oxygen atoms in total. The molecule has 0 spiro atoms. The Bertz CT molecular complexity index is 1100. The van der Waals surface area contributed by atoms with Crippen molar-refractivity contribution in [3.05, 3.63) is 77.9 Å². The zero-order valence-electron chi connectivity index (χ0n) is 12.5. The molecule has 1 aromatic heterocycles. The fourth-order valence-corrected chi connectivity index (χ4v) is 2.62. The van der Waals surface area contributed by atoms with E-state index in [2.05, 4.69) is 0 Å². The van der Waals surface area contributed by atoms with Crippen LogP contribution in [0.2, 0.25) is 0 Å². The zero-order chi connectivity index (χ0) is 16.5. The Labute approximate surface area is 137 Å². The quantitative estimate of drug-likeness (QED) is 0.398. The summed E-state index contributed by atoms with van der Waals surface area (Å²) in [5.74, 6) is -0.0185. The van der Waals surface area contributed by atoms with Crippen LogP contribution in [0.25, 0.3) is 21.9 Å². The summed E-state index contributed by atoms with van der Waals surface area (Å²) >= 11 is 0. The van der Waals surface area contributed by atoms with Gasteiger partial charge in [-0.05, 0) is 48.5 Å². The maximum atomic E-state index is 12.2. The molecule has 4 aromatic rings. The average Bonchev–Trinajstić information content (AvgIpc) is 3.00. The summed E-state index contributed by atoms with van der Waals surface area (Å²) in [6.45, 7) is 0. The normalized spacial score (nSPS) is 10.6. The van der Waals surface area contributed by atoms with Crippen LogP contribution in [0.15, 0.2) is 71.1 Å². The smallest absolute Gasteiger partial charge is 0.343 e. The summed E-state index contributed by atoms with van der Waals surface area (Å²) in [5, 5.41) is 10.7. The highest BCUT2D eigenvalue weighted by molar-refractivity contribution is 6.05. The van der Waals surface area contributed by atoms with Gasteiger partial charge in [0.1, 0.15) is 16.9 Å². The van der Waals surface area contributed by atoms with Crippen molar-refractivity contribution in [2.24, 2.45) is 0 Å². The van der Waals surface area contributed by atoms with E-state index in [1.165, 1.54) is 0 Å². The van der Waals surface area contributed by atoms with Crippen molar-refractivity contribution >= 4 is 27.9 Å². The first kappa shape index (κ1) is 14.0. The van der Waals surface area contributed by atoms with E-state index in [0.717, 1.165) is 21.9 Å². The highest BCUT2D eigenvalue weighted by Gasteiger charge is 2.11. The molecule has 4 rings (SSSR count). The Hall–Kier alpha value is -3.58. The highest BCUT2D eigenvalue weighted by Crippen LogP contribution is 2.31. The van der Waals surface area contributed by atoms with Crippen LogP contribution in [0.3, 0.4) is 0 Å². The van der Waals surface area contributed by atoms with E-state index in [0.29, 0.717) is 16.9 Å². The van der Waals surface area contributed by atoms with Gasteiger partial charge in [-0.2, -0.15) is 5.26 Å². The van der Waals surface area contributed by atoms with E-state index in [4.69, 9.17) is 14.4 Å². The largest absolute Gasteiger partial charge is 0.456 e. The number of hydrogen-bond acceptors (Lipinski definition) is 4. The van der Waals surface area contributed by atoms with Crippen LogP contribution in [-0.2, 0) is 0 Å². The number of esters is 1. The lowest BCUT2D eigenvalue weighted by molar-refractivity contribution is 0.0735. The number of carbonyl (C=O) groups excluding carboxylic acids is 1. The van der Waals surface area contributed by atoms with Gasteiger partial charge < -0.3 is 9.15 Å². The fraction of sp³-hybridized carbons (Fsp3) is 0. The van der Waals surface area contributed by atoms with Crippen molar-refractivity contribution in [2.75, 3.05) is 0 Å². The number of carbonyl (C=O) groups is 1. The molecule has 0 radical (unpaired) electrons. The molecule has 1 heterocycles. The topological polar surface area (TPSA) is 63.2 Å². The summed E-state index contributed by atoms with van der Waals surface area (Å²) in [6, 6.07) is 21.3. The van der Waals surface area contributed by atoms with Gasteiger partial charge in [0.25, 0.3) is 0 Å². The van der Waals surface area contributed by atoms with Crippen LogP contribution in [-0.4, -0.2) is 5.97 Å². The summed E-state index contributed by atoms with van der Waals surface area (Å²) in [4.78, 5) is 12.2. The molecular weight excluding hydrogens is 302 g/mol. The Kier molecular flexibility index (Phi) is 3.25. The van der Waals surface area contributed by atoms with Crippen LogP contribution in [0.1, 0.15) is 15.9 Å². The molecule has 0 amide bonds. The minimum Gasteiger partial charge on any atom is -0.456 e. The summed E-state index contributed by atoms with van der Waals surface area (Å²) < 4.78 is 11.2. The van der Waals surface area contributed by atoms with Gasteiger partial charge in [0.2, 0.25) is 0 Å². The molecule has 0 aliphatic rings. The molecule has 0 atom stereocenters. The number of para-hydroxylation sites is 1. The second-order valence-electron chi connectivity index (χ2n) is 5.33. The lowest BCUT2D eigenvalue weighted by Crippen LogP contribution is -2.08. The first-order valence-corrected chi connectivity index (χ1v) is 7.38. The van der Waals surface area contributed by atoms with Crippen molar-refractivity contribution in [1.82, 2.24) is 0 Å². The third-order valence-corrected chi connectivity index (χ3v) is 3.81. The van der Waals surface area contributed by atoms with Crippen molar-refractivity contribution in [3.8, 4) is 11.8 Å². The van der Waals surface area contributed by atoms with Gasteiger partial charge in [0, 0.05) is 10.8 Å². The standard InChI is InChI=1S/C20H11NO3/c21-12-13-5-7-14(8-6-13)20(22)23-15-9-10-19-17(11-15)16-3-1-2-4-18(16)24-19/h1-11H. The number of ether oxygens (including phenoxy) is 1. The maximum absolute atomic E-state index is 12.2. The molecule has 24 heavy (non-hydrogen) atoms.